The van der Waals surface area contributed by atoms with Gasteiger partial charge in [-0.25, -0.2) is 9.78 Å². The first kappa shape index (κ1) is 12.5. The molecule has 0 bridgehead atoms. The Morgan fingerprint density at radius 1 is 1.50 bits per heavy atom. The number of carboxylic acid groups (broad SMARTS) is 1. The third-order valence-electron chi connectivity index (χ3n) is 2.22. The highest BCUT2D eigenvalue weighted by Crippen LogP contribution is 2.22. The van der Waals surface area contributed by atoms with Crippen LogP contribution in [0.4, 0.5) is 5.69 Å². The van der Waals surface area contributed by atoms with Crippen molar-refractivity contribution < 1.29 is 14.8 Å². The number of aromatic nitrogens is 2. The molecule has 1 aromatic carbocycles. The van der Waals surface area contributed by atoms with E-state index in [0.29, 0.717) is 9.26 Å². The minimum absolute atomic E-state index is 0.0123. The summed E-state index contributed by atoms with van der Waals surface area (Å²) in [4.78, 5) is 24.5. The van der Waals surface area contributed by atoms with Gasteiger partial charge in [0.15, 0.2) is 5.69 Å². The van der Waals surface area contributed by atoms with Crippen molar-refractivity contribution in [2.24, 2.45) is 0 Å². The van der Waals surface area contributed by atoms with Crippen LogP contribution in [0, 0.1) is 13.7 Å². The number of benzene rings is 1. The smallest absolute Gasteiger partial charge is 0.356 e. The largest absolute Gasteiger partial charge is 0.476 e. The number of nitro benzene ring substituents is 1. The highest BCUT2D eigenvalue weighted by molar-refractivity contribution is 14.1. The van der Waals surface area contributed by atoms with E-state index in [1.165, 1.54) is 29.2 Å². The second kappa shape index (κ2) is 4.72. The van der Waals surface area contributed by atoms with Crippen LogP contribution in [0.3, 0.4) is 0 Å². The molecule has 1 aromatic heterocycles. The number of halogens is 1. The Balaban J connectivity index is 2.44. The number of aromatic carboxylic acids is 1. The predicted octanol–water partition coefficient (Wildman–Crippen LogP) is 2.08. The molecule has 18 heavy (non-hydrogen) atoms. The molecule has 0 fully saturated rings. The van der Waals surface area contributed by atoms with Crippen LogP contribution in [0.25, 0.3) is 5.69 Å². The molecule has 0 saturated heterocycles. The molecule has 92 valence electrons. The van der Waals surface area contributed by atoms with E-state index in [9.17, 15) is 14.9 Å². The SMILES string of the molecule is O=C(O)c1cn(-c2ccc([N+](=O)[O-])cc2I)cn1. The third-order valence-corrected chi connectivity index (χ3v) is 3.09. The Morgan fingerprint density at radius 2 is 2.22 bits per heavy atom. The van der Waals surface area contributed by atoms with E-state index in [1.807, 2.05) is 22.6 Å². The van der Waals surface area contributed by atoms with Gasteiger partial charge in [0.25, 0.3) is 5.69 Å². The molecule has 0 aliphatic carbocycles. The van der Waals surface area contributed by atoms with Gasteiger partial charge in [0.1, 0.15) is 6.33 Å². The Kier molecular flexibility index (Phi) is 3.28. The first-order valence-electron chi connectivity index (χ1n) is 4.70. The van der Waals surface area contributed by atoms with Crippen molar-refractivity contribution in [2.75, 3.05) is 0 Å². The molecular weight excluding hydrogens is 353 g/mol. The maximum atomic E-state index is 10.7. The first-order chi connectivity index (χ1) is 8.49. The Hall–Kier alpha value is -1.97. The van der Waals surface area contributed by atoms with Crippen LogP contribution >= 0.6 is 22.6 Å². The summed E-state index contributed by atoms with van der Waals surface area (Å²) in [7, 11) is 0. The lowest BCUT2D eigenvalue weighted by Gasteiger charge is -2.04. The van der Waals surface area contributed by atoms with Crippen molar-refractivity contribution in [1.82, 2.24) is 9.55 Å². The van der Waals surface area contributed by atoms with Gasteiger partial charge >= 0.3 is 5.97 Å². The lowest BCUT2D eigenvalue weighted by Crippen LogP contribution is -1.97. The van der Waals surface area contributed by atoms with E-state index >= 15 is 0 Å². The molecule has 2 rings (SSSR count). The summed E-state index contributed by atoms with van der Waals surface area (Å²) in [6.07, 6.45) is 2.71. The van der Waals surface area contributed by atoms with E-state index in [0.717, 1.165) is 0 Å². The van der Waals surface area contributed by atoms with Crippen LogP contribution in [-0.4, -0.2) is 25.6 Å². The summed E-state index contributed by atoms with van der Waals surface area (Å²) >= 11 is 1.95. The fourth-order valence-electron chi connectivity index (χ4n) is 1.38. The summed E-state index contributed by atoms with van der Waals surface area (Å²) in [5, 5.41) is 19.4. The van der Waals surface area contributed by atoms with Gasteiger partial charge in [0, 0.05) is 21.9 Å². The van der Waals surface area contributed by atoms with E-state index in [2.05, 4.69) is 4.98 Å². The molecule has 0 radical (unpaired) electrons. The molecule has 0 atom stereocenters. The molecule has 0 unspecified atom stereocenters. The number of rotatable bonds is 3. The Labute approximate surface area is 114 Å². The van der Waals surface area contributed by atoms with Crippen LogP contribution in [0.2, 0.25) is 0 Å². The van der Waals surface area contributed by atoms with Crippen LogP contribution in [0.15, 0.2) is 30.7 Å². The minimum Gasteiger partial charge on any atom is -0.476 e. The van der Waals surface area contributed by atoms with Crippen LogP contribution in [-0.2, 0) is 0 Å². The standard InChI is InChI=1S/C10H6IN3O4/c11-7-3-6(14(17)18)1-2-9(7)13-4-8(10(15)16)12-5-13/h1-5H,(H,15,16). The fourth-order valence-corrected chi connectivity index (χ4v) is 2.16. The van der Waals surface area contributed by atoms with Crippen molar-refractivity contribution in [3.63, 3.8) is 0 Å². The van der Waals surface area contributed by atoms with E-state index in [4.69, 9.17) is 5.11 Å². The molecule has 0 aliphatic heterocycles. The molecule has 1 N–H and O–H groups in total. The average Bonchev–Trinajstić information content (AvgIpc) is 2.78. The predicted molar refractivity (Wildman–Crippen MR) is 69.9 cm³/mol. The lowest BCUT2D eigenvalue weighted by atomic mass is 10.3. The zero-order valence-electron chi connectivity index (χ0n) is 8.78. The Morgan fingerprint density at radius 3 is 2.72 bits per heavy atom. The highest BCUT2D eigenvalue weighted by Gasteiger charge is 2.12. The second-order valence-electron chi connectivity index (χ2n) is 3.36. The number of imidazole rings is 1. The van der Waals surface area contributed by atoms with Gasteiger partial charge in [-0.3, -0.25) is 10.1 Å². The summed E-state index contributed by atoms with van der Waals surface area (Å²) < 4.78 is 2.14. The molecule has 0 saturated carbocycles. The van der Waals surface area contributed by atoms with Crippen LogP contribution in [0.1, 0.15) is 10.5 Å². The number of hydrogen-bond acceptors (Lipinski definition) is 4. The normalized spacial score (nSPS) is 10.3. The molecule has 8 heteroatoms. The molecular formula is C10H6IN3O4. The number of carbonyl (C=O) groups is 1. The van der Waals surface area contributed by atoms with E-state index in [1.54, 1.807) is 6.07 Å². The monoisotopic (exact) mass is 359 g/mol. The molecule has 0 amide bonds. The van der Waals surface area contributed by atoms with Gasteiger partial charge in [0.2, 0.25) is 0 Å². The van der Waals surface area contributed by atoms with Gasteiger partial charge in [0.05, 0.1) is 10.6 Å². The van der Waals surface area contributed by atoms with Gasteiger partial charge in [-0.15, -0.1) is 0 Å². The van der Waals surface area contributed by atoms with E-state index < -0.39 is 10.9 Å². The van der Waals surface area contributed by atoms with Gasteiger partial charge in [-0.05, 0) is 28.7 Å². The topological polar surface area (TPSA) is 98.3 Å². The number of hydrogen-bond donors (Lipinski definition) is 1. The first-order valence-corrected chi connectivity index (χ1v) is 5.78. The lowest BCUT2D eigenvalue weighted by molar-refractivity contribution is -0.384. The van der Waals surface area contributed by atoms with Crippen LogP contribution in [0.5, 0.6) is 0 Å². The number of carboxylic acids is 1. The van der Waals surface area contributed by atoms with Crippen molar-refractivity contribution in [2.45, 2.75) is 0 Å². The van der Waals surface area contributed by atoms with Gasteiger partial charge < -0.3 is 9.67 Å². The summed E-state index contributed by atoms with van der Waals surface area (Å²) in [5.74, 6) is -1.12. The Bertz CT molecular complexity index is 638. The average molecular weight is 359 g/mol. The molecule has 0 aliphatic rings. The quantitative estimate of drug-likeness (QED) is 0.514. The van der Waals surface area contributed by atoms with Crippen LogP contribution < -0.4 is 0 Å². The van der Waals surface area contributed by atoms with E-state index in [-0.39, 0.29) is 11.4 Å². The summed E-state index contributed by atoms with van der Waals surface area (Å²) in [5.41, 5.74) is 0.548. The van der Waals surface area contributed by atoms with Crippen molar-refractivity contribution >= 4 is 34.2 Å². The summed E-state index contributed by atoms with van der Waals surface area (Å²) in [6, 6.07) is 4.32. The van der Waals surface area contributed by atoms with Gasteiger partial charge in [-0.1, -0.05) is 0 Å². The maximum absolute atomic E-state index is 10.7. The minimum atomic E-state index is -1.12. The van der Waals surface area contributed by atoms with Crippen molar-refractivity contribution in [3.8, 4) is 5.69 Å². The zero-order chi connectivity index (χ0) is 13.3. The van der Waals surface area contributed by atoms with Gasteiger partial charge in [-0.2, -0.15) is 0 Å². The fraction of sp³-hybridized carbons (Fsp3) is 0. The molecule has 7 nitrogen and oxygen atoms in total. The third kappa shape index (κ3) is 2.32. The molecule has 1 heterocycles. The number of non-ortho nitro benzene ring substituents is 1. The maximum Gasteiger partial charge on any atom is 0.356 e. The van der Waals surface area contributed by atoms with Crippen molar-refractivity contribution in [1.29, 1.82) is 0 Å². The summed E-state index contributed by atoms with van der Waals surface area (Å²) in [6.45, 7) is 0. The zero-order valence-corrected chi connectivity index (χ0v) is 10.9. The second-order valence-corrected chi connectivity index (χ2v) is 4.53. The molecule has 0 spiro atoms. The number of nitro groups is 1. The highest BCUT2D eigenvalue weighted by atomic mass is 127. The van der Waals surface area contributed by atoms with Crippen molar-refractivity contribution in [3.05, 3.63) is 50.1 Å². The number of nitrogens with zero attached hydrogens (tertiary/aromatic N) is 3. The molecule has 2 aromatic rings.